The Morgan fingerprint density at radius 1 is 2.00 bits per heavy atom. The molecule has 0 aliphatic rings. The van der Waals surface area contributed by atoms with Gasteiger partial charge in [0.15, 0.2) is 0 Å². The Balaban J connectivity index is 2.30. The van der Waals surface area contributed by atoms with Crippen molar-refractivity contribution in [2.75, 3.05) is 0 Å². The van der Waals surface area contributed by atoms with E-state index in [4.69, 9.17) is 0 Å². The van der Waals surface area contributed by atoms with E-state index >= 15 is 0 Å². The molecule has 0 heterocycles. The molecule has 0 aliphatic heterocycles. The maximum atomic E-state index is 3.44. The van der Waals surface area contributed by atoms with Crippen LogP contribution in [0.4, 0.5) is 0 Å². The second kappa shape index (κ2) is 3.26. The van der Waals surface area contributed by atoms with Crippen LogP contribution in [0.5, 0.6) is 0 Å². The molecule has 0 amide bonds. The van der Waals surface area contributed by atoms with Gasteiger partial charge in [0.25, 0.3) is 0 Å². The van der Waals surface area contributed by atoms with E-state index in [2.05, 4.69) is 6.58 Å². The standard InChI is InChI=1S/C2H3.CH3.Cu/c1-2;;/h1H,2H2;1H3;. The van der Waals surface area contributed by atoms with Crippen LogP contribution in [-0.4, -0.2) is 0 Å². The first-order valence-corrected chi connectivity index (χ1v) is 2.37. The van der Waals surface area contributed by atoms with Gasteiger partial charge in [-0.25, -0.2) is 0 Å². The van der Waals surface area contributed by atoms with Gasteiger partial charge in [0.05, 0.1) is 0 Å². The van der Waals surface area contributed by atoms with Gasteiger partial charge in [-0.1, -0.05) is 0 Å². The quantitative estimate of drug-likeness (QED) is 0.441. The molecule has 29 valence electrons. The third-order valence-corrected chi connectivity index (χ3v) is 0.508. The van der Waals surface area contributed by atoms with E-state index in [1.54, 1.807) is 19.9 Å². The van der Waals surface area contributed by atoms with Gasteiger partial charge in [0.1, 0.15) is 0 Å². The van der Waals surface area contributed by atoms with Crippen LogP contribution in [0.2, 0.25) is 5.82 Å². The fourth-order valence-corrected chi connectivity index (χ4v) is 0. The Morgan fingerprint density at radius 3 is 2.25 bits per heavy atom. The SMILES string of the molecule is C=[CH][Cu][CH3]. The summed E-state index contributed by atoms with van der Waals surface area (Å²) in [4.78, 5) is 1.78. The van der Waals surface area contributed by atoms with Crippen molar-refractivity contribution < 1.29 is 15.0 Å². The Hall–Kier alpha value is 0.259. The van der Waals surface area contributed by atoms with Crippen molar-refractivity contribution in [3.63, 3.8) is 0 Å². The second-order valence-corrected chi connectivity index (χ2v) is 1.23. The van der Waals surface area contributed by atoms with Crippen LogP contribution in [0.3, 0.4) is 0 Å². The number of rotatable bonds is 1. The minimum atomic E-state index is 1.69. The van der Waals surface area contributed by atoms with E-state index in [1.165, 1.54) is 0 Å². The summed E-state index contributed by atoms with van der Waals surface area (Å²) < 4.78 is 0. The zero-order valence-corrected chi connectivity index (χ0v) is 3.53. The first kappa shape index (κ1) is 4.26. The predicted octanol–water partition coefficient (Wildman–Crippen LogP) is 1.26. The van der Waals surface area contributed by atoms with Crippen molar-refractivity contribution in [2.45, 2.75) is 5.82 Å². The van der Waals surface area contributed by atoms with Crippen LogP contribution in [0, 0.1) is 0 Å². The molecule has 0 unspecified atom stereocenters. The summed E-state index contributed by atoms with van der Waals surface area (Å²) in [6.07, 6.45) is 0. The van der Waals surface area contributed by atoms with Gasteiger partial charge in [0.2, 0.25) is 0 Å². The van der Waals surface area contributed by atoms with E-state index in [0.717, 1.165) is 0 Å². The minimum absolute atomic E-state index is 1.69. The van der Waals surface area contributed by atoms with Crippen molar-refractivity contribution in [1.82, 2.24) is 0 Å². The molecular formula is C3H6Cu. The van der Waals surface area contributed by atoms with Crippen LogP contribution >= 0.6 is 0 Å². The summed E-state index contributed by atoms with van der Waals surface area (Å²) in [6, 6.07) is 0. The first-order valence-electron chi connectivity index (χ1n) is 0.884. The Labute approximate surface area is 33.1 Å². The molecule has 0 radical (unpaired) electrons. The molecule has 0 nitrogen and oxygen atoms in total. The second-order valence-electron chi connectivity index (χ2n) is 0.297. The van der Waals surface area contributed by atoms with Gasteiger partial charge in [-0.05, 0) is 0 Å². The van der Waals surface area contributed by atoms with Crippen LogP contribution in [0.15, 0.2) is 11.6 Å². The van der Waals surface area contributed by atoms with E-state index in [0.29, 0.717) is 0 Å². The molecule has 0 aromatic rings. The fraction of sp³-hybridized carbons (Fsp3) is 0.333. The average molecular weight is 106 g/mol. The molecule has 1 heteroatoms. The van der Waals surface area contributed by atoms with Gasteiger partial charge >= 0.3 is 32.3 Å². The third kappa shape index (κ3) is 2.26. The zero-order chi connectivity index (χ0) is 3.41. The summed E-state index contributed by atoms with van der Waals surface area (Å²) >= 11 is 1.69. The zero-order valence-electron chi connectivity index (χ0n) is 2.59. The van der Waals surface area contributed by atoms with E-state index < -0.39 is 0 Å². The molecule has 0 rings (SSSR count). The van der Waals surface area contributed by atoms with E-state index in [9.17, 15) is 0 Å². The van der Waals surface area contributed by atoms with E-state index in [-0.39, 0.29) is 0 Å². The van der Waals surface area contributed by atoms with Crippen LogP contribution in [-0.2, 0) is 15.0 Å². The molecule has 4 heavy (non-hydrogen) atoms. The summed E-state index contributed by atoms with van der Waals surface area (Å²) in [5, 5.41) is 0. The molecule has 0 bridgehead atoms. The Kier molecular flexibility index (Phi) is 3.47. The molecule has 0 saturated carbocycles. The van der Waals surface area contributed by atoms with Crippen LogP contribution in [0.25, 0.3) is 0 Å². The Bertz CT molecular complexity index is 17.2. The Morgan fingerprint density at radius 2 is 2.25 bits per heavy atom. The summed E-state index contributed by atoms with van der Waals surface area (Å²) in [5.41, 5.74) is 0. The molecule has 0 aromatic carbocycles. The van der Waals surface area contributed by atoms with Crippen LogP contribution in [0.1, 0.15) is 0 Å². The molecule has 0 spiro atoms. The van der Waals surface area contributed by atoms with Crippen LogP contribution < -0.4 is 0 Å². The first-order chi connectivity index (χ1) is 1.91. The molecule has 0 saturated heterocycles. The van der Waals surface area contributed by atoms with Gasteiger partial charge in [-0.15, -0.1) is 0 Å². The molecule has 0 N–H and O–H groups in total. The van der Waals surface area contributed by atoms with Crippen molar-refractivity contribution in [3.8, 4) is 0 Å². The van der Waals surface area contributed by atoms with Gasteiger partial charge in [-0.3, -0.25) is 0 Å². The van der Waals surface area contributed by atoms with Gasteiger partial charge < -0.3 is 0 Å². The summed E-state index contributed by atoms with van der Waals surface area (Å²) in [5.74, 6) is 1.97. The molecule has 0 fully saturated rings. The summed E-state index contributed by atoms with van der Waals surface area (Å²) in [7, 11) is 0. The predicted molar refractivity (Wildman–Crippen MR) is 16.1 cm³/mol. The topological polar surface area (TPSA) is 0 Å². The molecule has 0 atom stereocenters. The van der Waals surface area contributed by atoms with Crippen molar-refractivity contribution >= 4 is 0 Å². The van der Waals surface area contributed by atoms with Crippen molar-refractivity contribution in [2.24, 2.45) is 0 Å². The summed E-state index contributed by atoms with van der Waals surface area (Å²) in [6.45, 7) is 3.44. The monoisotopic (exact) mass is 105 g/mol. The average Bonchev–Trinajstić information content (AvgIpc) is 1.37. The fourth-order valence-electron chi connectivity index (χ4n) is 0. The molecule has 0 aromatic heterocycles. The molecular weight excluding hydrogens is 99.6 g/mol. The van der Waals surface area contributed by atoms with Gasteiger partial charge in [0, 0.05) is 0 Å². The number of hydrogen-bond donors (Lipinski definition) is 0. The third-order valence-electron chi connectivity index (χ3n) is 0.123. The maximum absolute atomic E-state index is 3.44. The van der Waals surface area contributed by atoms with Crippen molar-refractivity contribution in [3.05, 3.63) is 11.6 Å². The van der Waals surface area contributed by atoms with Crippen molar-refractivity contribution in [1.29, 1.82) is 0 Å². The molecule has 0 aliphatic carbocycles. The normalized spacial score (nSPS) is 7.25. The number of hydrogen-bond acceptors (Lipinski definition) is 0. The van der Waals surface area contributed by atoms with Gasteiger partial charge in [-0.2, -0.15) is 0 Å². The van der Waals surface area contributed by atoms with E-state index in [1.807, 2.05) is 5.82 Å².